The molecule has 15 heteroatoms. The molecular formula is C27H23F6N5O3S. The molecule has 1 aromatic carbocycles. The minimum Gasteiger partial charge on any atom is -0.478 e. The van der Waals surface area contributed by atoms with Crippen molar-refractivity contribution in [1.29, 1.82) is 0 Å². The van der Waals surface area contributed by atoms with E-state index in [1.807, 2.05) is 0 Å². The minimum absolute atomic E-state index is 0.00505. The standard InChI is InChI=1S/C27H23F6N5O3S/c1-2-9-40-20-7-6-14(28)23(24(20)29)21-11-15(36-41-21)17-13-42-27(34-17)18-5-3-4-8-37(18)22(39)12-38-19(26(32)33)10-16(35-38)25(30)31/h1,6-7,10,13,18,21,25-26H,3-5,8-9,11-12H2. The lowest BCUT2D eigenvalue weighted by Gasteiger charge is -2.34. The molecule has 2 atom stereocenters. The van der Waals surface area contributed by atoms with Gasteiger partial charge in [-0.15, -0.1) is 17.8 Å². The second-order valence-electron chi connectivity index (χ2n) is 9.52. The van der Waals surface area contributed by atoms with Gasteiger partial charge in [-0.1, -0.05) is 11.1 Å². The molecule has 0 bridgehead atoms. The topological polar surface area (TPSA) is 81.8 Å². The van der Waals surface area contributed by atoms with Crippen LogP contribution in [0.1, 0.15) is 78.3 Å². The lowest BCUT2D eigenvalue weighted by atomic mass is 10.0. The van der Waals surface area contributed by atoms with E-state index in [2.05, 4.69) is 21.2 Å². The fourth-order valence-corrected chi connectivity index (χ4v) is 5.87. The smallest absolute Gasteiger partial charge is 0.282 e. The van der Waals surface area contributed by atoms with E-state index in [9.17, 15) is 31.1 Å². The Kier molecular flexibility index (Phi) is 8.72. The van der Waals surface area contributed by atoms with Crippen LogP contribution in [0.15, 0.2) is 28.7 Å². The van der Waals surface area contributed by atoms with Crippen molar-refractivity contribution >= 4 is 23.0 Å². The van der Waals surface area contributed by atoms with Crippen molar-refractivity contribution < 1.29 is 40.7 Å². The first-order valence-corrected chi connectivity index (χ1v) is 13.7. The highest BCUT2D eigenvalue weighted by molar-refractivity contribution is 7.10. The summed E-state index contributed by atoms with van der Waals surface area (Å²) in [5.41, 5.74) is -1.23. The van der Waals surface area contributed by atoms with Gasteiger partial charge in [-0.3, -0.25) is 9.48 Å². The fourth-order valence-electron chi connectivity index (χ4n) is 4.90. The van der Waals surface area contributed by atoms with Gasteiger partial charge in [0.25, 0.3) is 12.9 Å². The zero-order valence-corrected chi connectivity index (χ0v) is 22.6. The van der Waals surface area contributed by atoms with Crippen molar-refractivity contribution in [3.05, 3.63) is 62.9 Å². The molecule has 2 aliphatic rings. The van der Waals surface area contributed by atoms with Gasteiger partial charge in [0.1, 0.15) is 41.1 Å². The average molecular weight is 612 g/mol. The molecule has 2 aromatic heterocycles. The van der Waals surface area contributed by atoms with Crippen molar-refractivity contribution in [1.82, 2.24) is 19.7 Å². The largest absolute Gasteiger partial charge is 0.478 e. The second kappa shape index (κ2) is 12.4. The number of carbonyl (C=O) groups excluding carboxylic acids is 1. The van der Waals surface area contributed by atoms with Gasteiger partial charge in [0.2, 0.25) is 5.91 Å². The number of alkyl halides is 4. The van der Waals surface area contributed by atoms with Crippen LogP contribution in [-0.4, -0.2) is 44.4 Å². The molecule has 0 spiro atoms. The normalized spacial score (nSPS) is 18.7. The fraction of sp³-hybridized carbons (Fsp3) is 0.407. The van der Waals surface area contributed by atoms with Gasteiger partial charge in [0.05, 0.1) is 17.3 Å². The number of nitrogens with zero attached hydrogens (tertiary/aromatic N) is 5. The molecule has 1 saturated heterocycles. The van der Waals surface area contributed by atoms with Gasteiger partial charge in [-0.25, -0.2) is 31.3 Å². The van der Waals surface area contributed by atoms with Crippen LogP contribution in [0.4, 0.5) is 26.3 Å². The third-order valence-corrected chi connectivity index (χ3v) is 7.83. The summed E-state index contributed by atoms with van der Waals surface area (Å²) < 4.78 is 88.2. The first kappa shape index (κ1) is 29.4. The van der Waals surface area contributed by atoms with Crippen molar-refractivity contribution in [3.63, 3.8) is 0 Å². The summed E-state index contributed by atoms with van der Waals surface area (Å²) in [4.78, 5) is 24.6. The molecule has 5 rings (SSSR count). The number of benzene rings is 1. The van der Waals surface area contributed by atoms with Crippen LogP contribution >= 0.6 is 11.3 Å². The third-order valence-electron chi connectivity index (χ3n) is 6.88. The summed E-state index contributed by atoms with van der Waals surface area (Å²) in [6, 6.07) is 2.27. The molecule has 222 valence electrons. The zero-order valence-electron chi connectivity index (χ0n) is 21.8. The summed E-state index contributed by atoms with van der Waals surface area (Å²) in [6.45, 7) is -0.525. The molecule has 2 aliphatic heterocycles. The third kappa shape index (κ3) is 5.94. The van der Waals surface area contributed by atoms with Gasteiger partial charge in [0.15, 0.2) is 17.7 Å². The molecule has 0 aliphatic carbocycles. The number of amides is 1. The van der Waals surface area contributed by atoms with E-state index in [1.54, 1.807) is 5.38 Å². The van der Waals surface area contributed by atoms with Crippen molar-refractivity contribution in [2.24, 2.45) is 5.16 Å². The Balaban J connectivity index is 1.31. The first-order chi connectivity index (χ1) is 20.2. The monoisotopic (exact) mass is 611 g/mol. The van der Waals surface area contributed by atoms with E-state index in [1.165, 1.54) is 16.2 Å². The number of hydrogen-bond donors (Lipinski definition) is 0. The van der Waals surface area contributed by atoms with Crippen LogP contribution in [0.25, 0.3) is 0 Å². The highest BCUT2D eigenvalue weighted by Gasteiger charge is 2.35. The number of carbonyl (C=O) groups is 1. The SMILES string of the molecule is C#CCOc1ccc(F)c(C2CC(c3csc(C4CCCCN4C(=O)Cn4nc(C(F)F)cc4C(F)F)n3)=NO2)c1F. The number of hydrogen-bond acceptors (Lipinski definition) is 7. The number of ether oxygens (including phenoxy) is 1. The Bertz CT molecular complexity index is 1530. The summed E-state index contributed by atoms with van der Waals surface area (Å²) in [6.07, 6.45) is -0.113. The Morgan fingerprint density at radius 2 is 2.02 bits per heavy atom. The molecule has 1 fully saturated rings. The lowest BCUT2D eigenvalue weighted by molar-refractivity contribution is -0.136. The van der Waals surface area contributed by atoms with Gasteiger partial charge in [0, 0.05) is 18.3 Å². The molecule has 42 heavy (non-hydrogen) atoms. The van der Waals surface area contributed by atoms with Gasteiger partial charge >= 0.3 is 0 Å². The zero-order chi connectivity index (χ0) is 30.0. The maximum absolute atomic E-state index is 15.0. The van der Waals surface area contributed by atoms with Crippen LogP contribution in [-0.2, 0) is 16.2 Å². The van der Waals surface area contributed by atoms with Gasteiger partial charge in [-0.2, -0.15) is 5.10 Å². The molecule has 0 saturated carbocycles. The van der Waals surface area contributed by atoms with Crippen LogP contribution < -0.4 is 4.74 Å². The van der Waals surface area contributed by atoms with Crippen LogP contribution in [0.2, 0.25) is 0 Å². The van der Waals surface area contributed by atoms with E-state index in [0.29, 0.717) is 46.5 Å². The minimum atomic E-state index is -3.09. The van der Waals surface area contributed by atoms with E-state index in [-0.39, 0.29) is 24.3 Å². The van der Waals surface area contributed by atoms with Crippen LogP contribution in [0.5, 0.6) is 5.75 Å². The van der Waals surface area contributed by atoms with Crippen molar-refractivity contribution in [2.75, 3.05) is 13.2 Å². The van der Waals surface area contributed by atoms with Crippen molar-refractivity contribution in [2.45, 2.75) is 57.2 Å². The maximum Gasteiger partial charge on any atom is 0.282 e. The van der Waals surface area contributed by atoms with E-state index in [4.69, 9.17) is 16.0 Å². The molecule has 2 unspecified atom stereocenters. The Hall–Kier alpha value is -4.06. The number of oxime groups is 1. The molecule has 0 N–H and O–H groups in total. The predicted octanol–water partition coefficient (Wildman–Crippen LogP) is 6.12. The molecule has 0 radical (unpaired) electrons. The number of terminal acetylenes is 1. The molecule has 8 nitrogen and oxygen atoms in total. The number of thiazole rings is 1. The summed E-state index contributed by atoms with van der Waals surface area (Å²) in [5, 5.41) is 9.70. The average Bonchev–Trinajstić information content (AvgIpc) is 3.73. The van der Waals surface area contributed by atoms with E-state index in [0.717, 1.165) is 18.6 Å². The summed E-state index contributed by atoms with van der Waals surface area (Å²) in [7, 11) is 0. The highest BCUT2D eigenvalue weighted by atomic mass is 32.1. The quantitative estimate of drug-likeness (QED) is 0.215. The number of likely N-dealkylation sites (tertiary alicyclic amines) is 1. The number of piperidine rings is 1. The Morgan fingerprint density at radius 1 is 1.21 bits per heavy atom. The number of rotatable bonds is 9. The molecule has 1 amide bonds. The summed E-state index contributed by atoms with van der Waals surface area (Å²) >= 11 is 1.23. The Labute approximate surface area is 239 Å². The number of halogens is 6. The van der Waals surface area contributed by atoms with Crippen LogP contribution in [0, 0.1) is 24.0 Å². The molecule has 3 aromatic rings. The maximum atomic E-state index is 15.0. The van der Waals surface area contributed by atoms with E-state index >= 15 is 0 Å². The van der Waals surface area contributed by atoms with Gasteiger partial charge < -0.3 is 14.5 Å². The number of aromatic nitrogens is 3. The first-order valence-electron chi connectivity index (χ1n) is 12.8. The second-order valence-corrected chi connectivity index (χ2v) is 10.4. The summed E-state index contributed by atoms with van der Waals surface area (Å²) in [5.74, 6) is -0.372. The lowest BCUT2D eigenvalue weighted by Crippen LogP contribution is -2.40. The Morgan fingerprint density at radius 3 is 2.76 bits per heavy atom. The van der Waals surface area contributed by atoms with Crippen LogP contribution in [0.3, 0.4) is 0 Å². The van der Waals surface area contributed by atoms with Crippen molar-refractivity contribution in [3.8, 4) is 18.1 Å². The van der Waals surface area contributed by atoms with Gasteiger partial charge in [-0.05, 0) is 37.5 Å². The molecular weight excluding hydrogens is 588 g/mol. The predicted molar refractivity (Wildman–Crippen MR) is 138 cm³/mol. The highest BCUT2D eigenvalue weighted by Crippen LogP contribution is 2.38. The molecule has 4 heterocycles. The van der Waals surface area contributed by atoms with E-state index < -0.39 is 60.5 Å².